The highest BCUT2D eigenvalue weighted by Gasteiger charge is 2.35. The molecular weight excluding hydrogens is 1340 g/mol. The Hall–Kier alpha value is -8.28. The molecule has 0 radical (unpaired) electrons. The molecule has 2 aliphatic rings. The molecule has 2 bridgehead atoms. The summed E-state index contributed by atoms with van der Waals surface area (Å²) < 4.78 is 26.4. The lowest BCUT2D eigenvalue weighted by molar-refractivity contribution is -0.141. The zero-order valence-corrected chi connectivity index (χ0v) is 56.5. The number of carboxylic acid groups (broad SMARTS) is 1. The van der Waals surface area contributed by atoms with Gasteiger partial charge in [-0.05, 0) is 58.4 Å². The number of primary amides is 1. The zero-order valence-electron chi connectivity index (χ0n) is 54.1. The predicted octanol–water partition coefficient (Wildman–Crippen LogP) is -5.85. The average molecular weight is 1430 g/mol. The molecule has 97 heavy (non-hydrogen) atoms. The molecule has 0 aliphatic carbocycles. The highest BCUT2D eigenvalue weighted by molar-refractivity contribution is 8.76. The van der Waals surface area contributed by atoms with E-state index < -0.39 is 156 Å². The highest BCUT2D eigenvalue weighted by Crippen LogP contribution is 2.24. The number of hydrogen-bond acceptors (Lipinski definition) is 24. The van der Waals surface area contributed by atoms with Crippen LogP contribution in [0.5, 0.6) is 0 Å². The molecule has 7 atom stereocenters. The van der Waals surface area contributed by atoms with Gasteiger partial charge in [-0.1, -0.05) is 51.9 Å². The lowest BCUT2D eigenvalue weighted by atomic mass is 10.0. The minimum absolute atomic E-state index is 0.0313. The third-order valence-electron chi connectivity index (χ3n) is 12.9. The van der Waals surface area contributed by atoms with E-state index in [0.29, 0.717) is 5.56 Å². The third-order valence-corrected chi connectivity index (χ3v) is 16.4. The van der Waals surface area contributed by atoms with Gasteiger partial charge in [0, 0.05) is 49.9 Å². The molecule has 3 rings (SSSR count). The maximum Gasteiger partial charge on any atom is 0.431 e. The number of nitrogens with one attached hydrogen (secondary N) is 14. The average Bonchev–Trinajstić information content (AvgIpc) is 1.44. The molecule has 0 spiro atoms. The van der Waals surface area contributed by atoms with Crippen LogP contribution in [-0.2, 0) is 97.3 Å². The monoisotopic (exact) mass is 1430 g/mol. The Balaban J connectivity index is 1.97. The molecule has 2 fully saturated rings. The van der Waals surface area contributed by atoms with Gasteiger partial charge in [-0.2, -0.15) is 5.48 Å². The van der Waals surface area contributed by atoms with Gasteiger partial charge in [-0.3, -0.25) is 72.6 Å². The number of benzene rings is 1. The molecule has 40 heteroatoms. The Labute approximate surface area is 571 Å². The van der Waals surface area contributed by atoms with Crippen LogP contribution in [0.4, 0.5) is 4.79 Å². The van der Waals surface area contributed by atoms with Gasteiger partial charge < -0.3 is 104 Å². The second-order valence-corrected chi connectivity index (χ2v) is 25.9. The van der Waals surface area contributed by atoms with Crippen LogP contribution in [0, 0.1) is 5.41 Å². The van der Waals surface area contributed by atoms with Crippen molar-refractivity contribution in [2.45, 2.75) is 114 Å². The fourth-order valence-electron chi connectivity index (χ4n) is 8.38. The summed E-state index contributed by atoms with van der Waals surface area (Å²) in [5.41, 5.74) is 12.1. The summed E-state index contributed by atoms with van der Waals surface area (Å²) in [7, 11) is 1.79. The molecule has 1 aromatic rings. The van der Waals surface area contributed by atoms with Crippen LogP contribution in [0.25, 0.3) is 0 Å². The van der Waals surface area contributed by atoms with E-state index in [1.54, 1.807) is 51.1 Å². The minimum atomic E-state index is -1.84. The molecule has 13 amide bonds. The van der Waals surface area contributed by atoms with Crippen LogP contribution in [0.1, 0.15) is 64.9 Å². The maximum absolute atomic E-state index is 14.6. The number of hydroxylamine groups is 1. The minimum Gasteiger partial charge on any atom is -0.481 e. The molecule has 2 aliphatic heterocycles. The molecular formula is C57H90N16O21S3. The van der Waals surface area contributed by atoms with E-state index in [9.17, 15) is 72.2 Å². The number of fused-ring (bicyclic) bond motifs is 5. The van der Waals surface area contributed by atoms with Crippen molar-refractivity contribution in [1.82, 2.24) is 69.3 Å². The van der Waals surface area contributed by atoms with Crippen molar-refractivity contribution in [2.75, 3.05) is 115 Å². The normalized spacial score (nSPS) is 20.5. The summed E-state index contributed by atoms with van der Waals surface area (Å²) in [6.07, 6.45) is -1.87. The topological polar surface area (TPSA) is 547 Å². The number of aliphatic carboxylic acids is 1. The van der Waals surface area contributed by atoms with Crippen LogP contribution in [-0.4, -0.2) is 257 Å². The van der Waals surface area contributed by atoms with E-state index in [4.69, 9.17) is 45.4 Å². The second-order valence-electron chi connectivity index (χ2n) is 22.3. The van der Waals surface area contributed by atoms with Gasteiger partial charge in [-0.25, -0.2) is 4.79 Å². The number of carbonyl (C=O) groups excluding carboxylic acids is 13. The van der Waals surface area contributed by atoms with Gasteiger partial charge in [0.15, 0.2) is 12.6 Å². The van der Waals surface area contributed by atoms with E-state index in [-0.39, 0.29) is 141 Å². The molecule has 542 valence electrons. The first-order valence-corrected chi connectivity index (χ1v) is 34.4. The number of carboxylic acids is 1. The number of ether oxygens (including phenoxy) is 5. The fraction of sp³-hybridized carbons (Fsp3) is 0.632. The molecule has 0 saturated carbocycles. The van der Waals surface area contributed by atoms with Crippen LogP contribution in [0.3, 0.4) is 0 Å². The maximum atomic E-state index is 14.6. The Morgan fingerprint density at radius 1 is 0.577 bits per heavy atom. The fourth-order valence-corrected chi connectivity index (χ4v) is 11.6. The summed E-state index contributed by atoms with van der Waals surface area (Å²) in [6, 6.07) is -2.36. The number of amides is 13. The van der Waals surface area contributed by atoms with Gasteiger partial charge in [-0.15, -0.1) is 11.8 Å². The number of rotatable bonds is 33. The molecule has 1 aromatic carbocycles. The first-order chi connectivity index (χ1) is 46.2. The number of guanidine groups is 1. The molecule has 0 unspecified atom stereocenters. The van der Waals surface area contributed by atoms with Crippen molar-refractivity contribution >= 4 is 122 Å². The third kappa shape index (κ3) is 38.3. The quantitative estimate of drug-likeness (QED) is 0.0102. The van der Waals surface area contributed by atoms with Crippen molar-refractivity contribution in [3.8, 4) is 0 Å². The van der Waals surface area contributed by atoms with Crippen LogP contribution < -0.4 is 80.7 Å². The Morgan fingerprint density at radius 2 is 1.12 bits per heavy atom. The number of thioether (sulfide) groups is 1. The van der Waals surface area contributed by atoms with Gasteiger partial charge >= 0.3 is 12.1 Å². The van der Waals surface area contributed by atoms with Crippen molar-refractivity contribution in [1.29, 1.82) is 5.41 Å². The summed E-state index contributed by atoms with van der Waals surface area (Å²) in [5, 5.41) is 48.1. The van der Waals surface area contributed by atoms with Crippen molar-refractivity contribution < 1.29 is 101 Å². The zero-order chi connectivity index (χ0) is 71.5. The van der Waals surface area contributed by atoms with Crippen molar-refractivity contribution in [3.63, 3.8) is 0 Å². The van der Waals surface area contributed by atoms with Crippen molar-refractivity contribution in [2.24, 2.45) is 11.5 Å². The molecule has 19 N–H and O–H groups in total. The predicted molar refractivity (Wildman–Crippen MR) is 351 cm³/mol. The number of unbranched alkanes of at least 4 members (excludes halogenated alkanes) is 1. The summed E-state index contributed by atoms with van der Waals surface area (Å²) in [6.45, 7) is 3.61. The summed E-state index contributed by atoms with van der Waals surface area (Å²) in [4.78, 5) is 192. The smallest absolute Gasteiger partial charge is 0.431 e. The van der Waals surface area contributed by atoms with Gasteiger partial charge in [0.1, 0.15) is 61.1 Å². The number of nitrogens with two attached hydrogens (primary N) is 2. The van der Waals surface area contributed by atoms with Gasteiger partial charge in [0.2, 0.25) is 70.9 Å². The van der Waals surface area contributed by atoms with Crippen LogP contribution >= 0.6 is 33.3 Å². The number of hydrogen-bond donors (Lipinski definition) is 17. The first kappa shape index (κ1) is 82.9. The summed E-state index contributed by atoms with van der Waals surface area (Å²) in [5.74, 6) is -13.5. The molecule has 37 nitrogen and oxygen atoms in total. The first-order valence-electron chi connectivity index (χ1n) is 30.7. The summed E-state index contributed by atoms with van der Waals surface area (Å²) >= 11 is 0.872. The van der Waals surface area contributed by atoms with Gasteiger partial charge in [0.05, 0.1) is 58.4 Å². The van der Waals surface area contributed by atoms with Crippen LogP contribution in [0.2, 0.25) is 0 Å². The molecule has 0 aromatic heterocycles. The SMILES string of the molecule is CC(C)(C)OC(=O)NOCC(=O)NCCCC[C@@H]1NC(=O)CSC[C@@H](C(=O)NCCOCCOCCOCCNC(=O)COCC(N)=O)NC(=O)[C@H](Cc2ccccc2)NC(=O)[C@@H]2CSSC[C@H](NC1=O)C(=O)N[C@@H](CCCNC(=N)N)C(=O)NCC(=O)N[C@@H](CC(=O)O)C(=O)N2. The standard InChI is InChI=1S/C57H90N16O21S3/c1-57(2,3)94-56(88)73-93-29-45(77)61-14-8-7-12-36-50(83)71-40-31-96-97-32-41(72-52(85)38(25-47(79)80)67-43(75)26-65-48(81)35(68-53(40)86)13-9-15-64-55(59)60)54(87)69-37(24-34-10-5-4-6-11-34)51(84)70-39(30-95-33-46(78)66-36)49(82)63-17-19-90-21-23-91-22-20-89-18-16-62-44(76)28-92-27-42(58)74/h4-6,10-11,35-41H,7-9,12-33H2,1-3H3,(H2,58,74)(H,61,77)(H,62,76)(H,63,82)(H,65,81)(H,66,78)(H,67,75)(H,68,86)(H,69,87)(H,70,84)(H,71,83)(H,72,85)(H,73,88)(H,79,80)(H4,59,60,64)/t35-,36-,37-,38-,39-,40-,41-/m0/s1. The van der Waals surface area contributed by atoms with Gasteiger partial charge in [0.25, 0.3) is 0 Å². The Bertz CT molecular complexity index is 2790. The molecule has 2 heterocycles. The second kappa shape index (κ2) is 46.8. The van der Waals surface area contributed by atoms with E-state index in [0.717, 1.165) is 33.3 Å². The lowest BCUT2D eigenvalue weighted by Gasteiger charge is -2.27. The highest BCUT2D eigenvalue weighted by atomic mass is 33.1. The molecule has 2 saturated heterocycles. The van der Waals surface area contributed by atoms with E-state index >= 15 is 0 Å². The number of carbonyl (C=O) groups is 14. The Kier molecular flexibility index (Phi) is 40.0. The van der Waals surface area contributed by atoms with E-state index in [1.165, 1.54) is 0 Å². The lowest BCUT2D eigenvalue weighted by Crippen LogP contribution is -2.60. The van der Waals surface area contributed by atoms with Crippen LogP contribution in [0.15, 0.2) is 30.3 Å². The van der Waals surface area contributed by atoms with Crippen molar-refractivity contribution in [3.05, 3.63) is 35.9 Å². The Morgan fingerprint density at radius 3 is 1.74 bits per heavy atom. The largest absolute Gasteiger partial charge is 0.481 e. The van der Waals surface area contributed by atoms with E-state index in [1.807, 2.05) is 5.48 Å². The van der Waals surface area contributed by atoms with E-state index in [2.05, 4.69) is 63.8 Å².